The first kappa shape index (κ1) is 18.0. The van der Waals surface area contributed by atoms with E-state index >= 15 is 0 Å². The molecule has 0 bridgehead atoms. The molecule has 0 aromatic heterocycles. The first-order chi connectivity index (χ1) is 10.8. The van der Waals surface area contributed by atoms with Gasteiger partial charge in [-0.15, -0.1) is 0 Å². The van der Waals surface area contributed by atoms with Crippen molar-refractivity contribution in [2.45, 2.75) is 76.9 Å². The Hall–Kier alpha value is -1.30. The molecule has 6 nitrogen and oxygen atoms in total. The number of aliphatic carboxylic acids is 1. The van der Waals surface area contributed by atoms with Crippen LogP contribution >= 0.6 is 0 Å². The van der Waals surface area contributed by atoms with Gasteiger partial charge in [-0.3, -0.25) is 9.69 Å². The molecule has 0 aromatic rings. The van der Waals surface area contributed by atoms with Crippen LogP contribution in [0.1, 0.15) is 59.3 Å². The summed E-state index contributed by atoms with van der Waals surface area (Å²) in [4.78, 5) is 25.1. The molecule has 0 radical (unpaired) electrons. The van der Waals surface area contributed by atoms with Crippen molar-refractivity contribution in [1.82, 2.24) is 15.5 Å². The van der Waals surface area contributed by atoms with Crippen LogP contribution in [0.5, 0.6) is 0 Å². The fourth-order valence-corrected chi connectivity index (χ4v) is 3.85. The van der Waals surface area contributed by atoms with Gasteiger partial charge in [0.15, 0.2) is 0 Å². The molecule has 2 fully saturated rings. The number of carboxylic acid groups (broad SMARTS) is 1. The van der Waals surface area contributed by atoms with Crippen molar-refractivity contribution in [3.63, 3.8) is 0 Å². The molecule has 2 aliphatic carbocycles. The number of amides is 2. The summed E-state index contributed by atoms with van der Waals surface area (Å²) >= 11 is 0. The van der Waals surface area contributed by atoms with Crippen LogP contribution in [0.15, 0.2) is 0 Å². The summed E-state index contributed by atoms with van der Waals surface area (Å²) < 4.78 is 0. The zero-order valence-corrected chi connectivity index (χ0v) is 14.6. The molecule has 2 amide bonds. The van der Waals surface area contributed by atoms with Crippen molar-refractivity contribution in [3.8, 4) is 0 Å². The van der Waals surface area contributed by atoms with Gasteiger partial charge in [0.25, 0.3) is 0 Å². The number of carbonyl (C=O) groups excluding carboxylic acids is 1. The van der Waals surface area contributed by atoms with Crippen molar-refractivity contribution >= 4 is 12.0 Å². The van der Waals surface area contributed by atoms with Crippen LogP contribution in [0.25, 0.3) is 0 Å². The highest BCUT2D eigenvalue weighted by Crippen LogP contribution is 2.33. The zero-order valence-electron chi connectivity index (χ0n) is 14.6. The number of hydrogen-bond acceptors (Lipinski definition) is 3. The number of nitrogens with zero attached hydrogens (tertiary/aromatic N) is 1. The lowest BCUT2D eigenvalue weighted by molar-refractivity contribution is -0.139. The van der Waals surface area contributed by atoms with Gasteiger partial charge in [-0.2, -0.15) is 0 Å². The van der Waals surface area contributed by atoms with Gasteiger partial charge in [-0.05, 0) is 45.1 Å². The maximum Gasteiger partial charge on any atom is 0.317 e. The number of carboxylic acids is 1. The highest BCUT2D eigenvalue weighted by Gasteiger charge is 2.38. The largest absolute Gasteiger partial charge is 0.480 e. The van der Waals surface area contributed by atoms with E-state index in [2.05, 4.69) is 24.5 Å². The van der Waals surface area contributed by atoms with E-state index < -0.39 is 5.97 Å². The van der Waals surface area contributed by atoms with Crippen LogP contribution in [-0.4, -0.2) is 52.7 Å². The third-order valence-electron chi connectivity index (χ3n) is 5.78. The van der Waals surface area contributed by atoms with Gasteiger partial charge in [-0.25, -0.2) is 4.79 Å². The number of rotatable bonds is 6. The standard InChI is InChI=1S/C17H31N3O3/c1-4-20(11-15(21)22)14-9-13(10-14)18-16(23)19-17(3)8-6-5-7-12(17)2/h12-14H,4-11H2,1-3H3,(H,21,22)(H2,18,19,23). The Morgan fingerprint density at radius 1 is 1.30 bits per heavy atom. The smallest absolute Gasteiger partial charge is 0.317 e. The molecule has 2 rings (SSSR count). The van der Waals surface area contributed by atoms with E-state index in [-0.39, 0.29) is 30.2 Å². The second-order valence-electron chi connectivity index (χ2n) is 7.44. The minimum Gasteiger partial charge on any atom is -0.480 e. The van der Waals surface area contributed by atoms with Gasteiger partial charge < -0.3 is 15.7 Å². The van der Waals surface area contributed by atoms with E-state index in [1.807, 2.05) is 11.8 Å². The average Bonchev–Trinajstić information content (AvgIpc) is 2.43. The number of urea groups is 1. The van der Waals surface area contributed by atoms with E-state index in [0.29, 0.717) is 5.92 Å². The molecular weight excluding hydrogens is 294 g/mol. The Kier molecular flexibility index (Phi) is 5.89. The molecule has 0 saturated heterocycles. The molecular formula is C17H31N3O3. The van der Waals surface area contributed by atoms with Crippen molar-refractivity contribution in [1.29, 1.82) is 0 Å². The average molecular weight is 325 g/mol. The number of nitrogens with one attached hydrogen (secondary N) is 2. The highest BCUT2D eigenvalue weighted by molar-refractivity contribution is 5.75. The molecule has 2 unspecified atom stereocenters. The minimum atomic E-state index is -0.791. The van der Waals surface area contributed by atoms with Gasteiger partial charge >= 0.3 is 12.0 Å². The van der Waals surface area contributed by atoms with Gasteiger partial charge in [0.1, 0.15) is 0 Å². The third kappa shape index (κ3) is 4.59. The normalized spacial score (nSPS) is 33.8. The first-order valence-corrected chi connectivity index (χ1v) is 8.88. The summed E-state index contributed by atoms with van der Waals surface area (Å²) in [5.74, 6) is -0.289. The fourth-order valence-electron chi connectivity index (χ4n) is 3.85. The quantitative estimate of drug-likeness (QED) is 0.699. The van der Waals surface area contributed by atoms with Gasteiger partial charge in [0, 0.05) is 17.6 Å². The van der Waals surface area contributed by atoms with E-state index in [0.717, 1.165) is 25.8 Å². The monoisotopic (exact) mass is 325 g/mol. The van der Waals surface area contributed by atoms with Crippen LogP contribution in [0, 0.1) is 5.92 Å². The topological polar surface area (TPSA) is 81.7 Å². The third-order valence-corrected chi connectivity index (χ3v) is 5.78. The van der Waals surface area contributed by atoms with Crippen molar-refractivity contribution < 1.29 is 14.7 Å². The van der Waals surface area contributed by atoms with Crippen LogP contribution in [0.4, 0.5) is 4.79 Å². The molecule has 0 spiro atoms. The highest BCUT2D eigenvalue weighted by atomic mass is 16.4. The molecule has 0 aromatic carbocycles. The summed E-state index contributed by atoms with van der Waals surface area (Å²) in [6, 6.07) is 0.349. The molecule has 2 saturated carbocycles. The maximum atomic E-state index is 12.3. The van der Waals surface area contributed by atoms with Crippen LogP contribution in [0.2, 0.25) is 0 Å². The summed E-state index contributed by atoms with van der Waals surface area (Å²) in [5, 5.41) is 15.1. The molecule has 0 heterocycles. The molecule has 3 N–H and O–H groups in total. The second-order valence-corrected chi connectivity index (χ2v) is 7.44. The Balaban J connectivity index is 1.74. The minimum absolute atomic E-state index is 0.0778. The molecule has 23 heavy (non-hydrogen) atoms. The predicted molar refractivity (Wildman–Crippen MR) is 89.4 cm³/mol. The molecule has 2 atom stereocenters. The van der Waals surface area contributed by atoms with E-state index in [1.165, 1.54) is 19.3 Å². The first-order valence-electron chi connectivity index (χ1n) is 8.88. The van der Waals surface area contributed by atoms with Gasteiger partial charge in [-0.1, -0.05) is 26.7 Å². The fraction of sp³-hybridized carbons (Fsp3) is 0.882. The second kappa shape index (κ2) is 7.51. The summed E-state index contributed by atoms with van der Waals surface area (Å²) in [6.07, 6.45) is 6.30. The lowest BCUT2D eigenvalue weighted by Gasteiger charge is -2.44. The lowest BCUT2D eigenvalue weighted by atomic mass is 9.75. The molecule has 132 valence electrons. The Morgan fingerprint density at radius 3 is 2.57 bits per heavy atom. The molecule has 2 aliphatic rings. The van der Waals surface area contributed by atoms with Crippen molar-refractivity contribution in [2.24, 2.45) is 5.92 Å². The predicted octanol–water partition coefficient (Wildman–Crippen LogP) is 2.19. The zero-order chi connectivity index (χ0) is 17.0. The maximum absolute atomic E-state index is 12.3. The molecule has 6 heteroatoms. The van der Waals surface area contributed by atoms with Gasteiger partial charge in [0.05, 0.1) is 6.54 Å². The number of hydrogen-bond donors (Lipinski definition) is 3. The summed E-state index contributed by atoms with van der Waals surface area (Å²) in [5.41, 5.74) is -0.107. The number of carbonyl (C=O) groups is 2. The summed E-state index contributed by atoms with van der Waals surface area (Å²) in [7, 11) is 0. The SMILES string of the molecule is CCN(CC(=O)O)C1CC(NC(=O)NC2(C)CCCCC2C)C1. The lowest BCUT2D eigenvalue weighted by Crippen LogP contribution is -2.60. The van der Waals surface area contributed by atoms with E-state index in [9.17, 15) is 9.59 Å². The molecule has 0 aliphatic heterocycles. The van der Waals surface area contributed by atoms with Crippen LogP contribution in [0.3, 0.4) is 0 Å². The van der Waals surface area contributed by atoms with Crippen LogP contribution < -0.4 is 10.6 Å². The Labute approximate surface area is 139 Å². The van der Waals surface area contributed by atoms with Gasteiger partial charge in [0.2, 0.25) is 0 Å². The van der Waals surface area contributed by atoms with Crippen molar-refractivity contribution in [3.05, 3.63) is 0 Å². The van der Waals surface area contributed by atoms with E-state index in [1.54, 1.807) is 0 Å². The van der Waals surface area contributed by atoms with Crippen molar-refractivity contribution in [2.75, 3.05) is 13.1 Å². The van der Waals surface area contributed by atoms with E-state index in [4.69, 9.17) is 5.11 Å². The summed E-state index contributed by atoms with van der Waals surface area (Å²) in [6.45, 7) is 7.14. The number of likely N-dealkylation sites (N-methyl/N-ethyl adjacent to an activating group) is 1. The Bertz CT molecular complexity index is 437. The Morgan fingerprint density at radius 2 is 2.00 bits per heavy atom. The van der Waals surface area contributed by atoms with Crippen LogP contribution in [-0.2, 0) is 4.79 Å².